The lowest BCUT2D eigenvalue weighted by Crippen LogP contribution is -2.39. The number of rotatable bonds is 2. The van der Waals surface area contributed by atoms with E-state index in [0.29, 0.717) is 17.0 Å². The van der Waals surface area contributed by atoms with Crippen LogP contribution in [-0.2, 0) is 5.88 Å². The first-order valence-electron chi connectivity index (χ1n) is 5.93. The van der Waals surface area contributed by atoms with Crippen molar-refractivity contribution in [2.24, 2.45) is 11.8 Å². The van der Waals surface area contributed by atoms with Gasteiger partial charge < -0.3 is 4.90 Å². The number of halogens is 2. The van der Waals surface area contributed by atoms with Crippen molar-refractivity contribution in [1.29, 1.82) is 0 Å². The van der Waals surface area contributed by atoms with Gasteiger partial charge in [0, 0.05) is 18.7 Å². The molecular weight excluding hydrogens is 257 g/mol. The largest absolute Gasteiger partial charge is 0.356 e. The molecule has 1 aromatic heterocycles. The zero-order valence-corrected chi connectivity index (χ0v) is 11.7. The predicted octanol–water partition coefficient (Wildman–Crippen LogP) is 3.35. The number of alkyl halides is 1. The molecule has 0 N–H and O–H groups in total. The van der Waals surface area contributed by atoms with Crippen LogP contribution in [0.15, 0.2) is 6.33 Å². The van der Waals surface area contributed by atoms with E-state index >= 15 is 0 Å². The van der Waals surface area contributed by atoms with E-state index in [0.717, 1.165) is 30.4 Å². The van der Waals surface area contributed by atoms with Crippen LogP contribution in [0.4, 0.5) is 5.82 Å². The van der Waals surface area contributed by atoms with Crippen molar-refractivity contribution in [3.05, 3.63) is 17.0 Å². The summed E-state index contributed by atoms with van der Waals surface area (Å²) in [7, 11) is 0. The molecule has 1 saturated heterocycles. The molecule has 0 saturated carbocycles. The Balaban J connectivity index is 2.25. The quantitative estimate of drug-likeness (QED) is 0.611. The summed E-state index contributed by atoms with van der Waals surface area (Å²) in [5, 5.41) is 0.469. The molecular formula is C12H17Cl2N3. The van der Waals surface area contributed by atoms with Gasteiger partial charge in [0.25, 0.3) is 0 Å². The topological polar surface area (TPSA) is 29.0 Å². The summed E-state index contributed by atoms with van der Waals surface area (Å²) >= 11 is 12.0. The van der Waals surface area contributed by atoms with Gasteiger partial charge >= 0.3 is 0 Å². The van der Waals surface area contributed by atoms with E-state index in [9.17, 15) is 0 Å². The third-order valence-electron chi connectivity index (χ3n) is 3.64. The Morgan fingerprint density at radius 3 is 2.76 bits per heavy atom. The van der Waals surface area contributed by atoms with Gasteiger partial charge in [-0.25, -0.2) is 9.97 Å². The normalized spacial score (nSPS) is 25.1. The molecule has 2 rings (SSSR count). The summed E-state index contributed by atoms with van der Waals surface area (Å²) < 4.78 is 0. The second-order valence-electron chi connectivity index (χ2n) is 4.79. The van der Waals surface area contributed by atoms with Crippen molar-refractivity contribution in [2.45, 2.75) is 26.1 Å². The molecule has 0 bridgehead atoms. The number of anilines is 1. The summed E-state index contributed by atoms with van der Waals surface area (Å²) in [4.78, 5) is 10.6. The van der Waals surface area contributed by atoms with E-state index < -0.39 is 0 Å². The van der Waals surface area contributed by atoms with E-state index in [-0.39, 0.29) is 0 Å². The molecule has 1 aliphatic rings. The Kier molecular flexibility index (Phi) is 4.10. The molecule has 17 heavy (non-hydrogen) atoms. The molecule has 5 heteroatoms. The van der Waals surface area contributed by atoms with Crippen LogP contribution in [0.1, 0.15) is 25.8 Å². The van der Waals surface area contributed by atoms with E-state index in [4.69, 9.17) is 23.2 Å². The van der Waals surface area contributed by atoms with Crippen LogP contribution in [0.25, 0.3) is 0 Å². The maximum atomic E-state index is 6.05. The summed E-state index contributed by atoms with van der Waals surface area (Å²) in [5.74, 6) is 2.69. The Bertz CT molecular complexity index is 397. The second kappa shape index (κ2) is 5.40. The predicted molar refractivity (Wildman–Crippen MR) is 71.8 cm³/mol. The molecule has 0 aromatic carbocycles. The van der Waals surface area contributed by atoms with Gasteiger partial charge in [0.05, 0.1) is 5.88 Å². The lowest BCUT2D eigenvalue weighted by molar-refractivity contribution is 0.322. The molecule has 1 aromatic rings. The zero-order valence-electron chi connectivity index (χ0n) is 10.2. The van der Waals surface area contributed by atoms with Crippen LogP contribution < -0.4 is 4.90 Å². The molecule has 1 aliphatic heterocycles. The molecule has 1 fully saturated rings. The smallest absolute Gasteiger partial charge is 0.138 e. The average Bonchev–Trinajstić information content (AvgIpc) is 2.32. The highest BCUT2D eigenvalue weighted by molar-refractivity contribution is 6.31. The fourth-order valence-corrected chi connectivity index (χ4v) is 2.73. The fraction of sp³-hybridized carbons (Fsp3) is 0.667. The summed E-state index contributed by atoms with van der Waals surface area (Å²) in [5.41, 5.74) is 0.845. The number of hydrogen-bond acceptors (Lipinski definition) is 3. The van der Waals surface area contributed by atoms with Crippen molar-refractivity contribution in [3.8, 4) is 0 Å². The summed E-state index contributed by atoms with van der Waals surface area (Å²) in [6, 6.07) is 0. The molecule has 0 radical (unpaired) electrons. The van der Waals surface area contributed by atoms with Crippen LogP contribution in [-0.4, -0.2) is 23.1 Å². The average molecular weight is 274 g/mol. The minimum atomic E-state index is 0.357. The van der Waals surface area contributed by atoms with E-state index in [1.54, 1.807) is 0 Å². The molecule has 2 atom stereocenters. The number of piperidine rings is 1. The van der Waals surface area contributed by atoms with Crippen LogP contribution in [0.5, 0.6) is 0 Å². The van der Waals surface area contributed by atoms with Gasteiger partial charge in [0.2, 0.25) is 0 Å². The SMILES string of the molecule is CC1CCN(c2ncnc(Cl)c2CCl)CC1C. The van der Waals surface area contributed by atoms with Crippen LogP contribution in [0, 0.1) is 11.8 Å². The van der Waals surface area contributed by atoms with Crippen molar-refractivity contribution in [1.82, 2.24) is 9.97 Å². The maximum absolute atomic E-state index is 6.05. The Morgan fingerprint density at radius 1 is 1.35 bits per heavy atom. The minimum absolute atomic E-state index is 0.357. The Morgan fingerprint density at radius 2 is 2.12 bits per heavy atom. The molecule has 2 heterocycles. The van der Waals surface area contributed by atoms with E-state index in [2.05, 4.69) is 28.7 Å². The molecule has 0 amide bonds. The molecule has 3 nitrogen and oxygen atoms in total. The van der Waals surface area contributed by atoms with Gasteiger partial charge in [0.15, 0.2) is 0 Å². The van der Waals surface area contributed by atoms with Gasteiger partial charge in [-0.3, -0.25) is 0 Å². The van der Waals surface area contributed by atoms with Gasteiger partial charge in [-0.1, -0.05) is 25.4 Å². The van der Waals surface area contributed by atoms with Crippen molar-refractivity contribution >= 4 is 29.0 Å². The first-order chi connectivity index (χ1) is 8.13. The number of nitrogens with zero attached hydrogens (tertiary/aromatic N) is 3. The zero-order chi connectivity index (χ0) is 12.4. The van der Waals surface area contributed by atoms with Crippen LogP contribution in [0.3, 0.4) is 0 Å². The maximum Gasteiger partial charge on any atom is 0.138 e. The first-order valence-corrected chi connectivity index (χ1v) is 6.85. The van der Waals surface area contributed by atoms with Crippen molar-refractivity contribution in [2.75, 3.05) is 18.0 Å². The first kappa shape index (κ1) is 12.9. The van der Waals surface area contributed by atoms with Crippen LogP contribution >= 0.6 is 23.2 Å². The third-order valence-corrected chi connectivity index (χ3v) is 4.23. The molecule has 94 valence electrons. The second-order valence-corrected chi connectivity index (χ2v) is 5.41. The summed E-state index contributed by atoms with van der Waals surface area (Å²) in [6.45, 7) is 6.61. The summed E-state index contributed by atoms with van der Waals surface area (Å²) in [6.07, 6.45) is 2.70. The fourth-order valence-electron chi connectivity index (χ4n) is 2.22. The van der Waals surface area contributed by atoms with E-state index in [1.165, 1.54) is 12.7 Å². The highest BCUT2D eigenvalue weighted by atomic mass is 35.5. The highest BCUT2D eigenvalue weighted by Crippen LogP contribution is 2.30. The van der Waals surface area contributed by atoms with Crippen molar-refractivity contribution in [3.63, 3.8) is 0 Å². The lowest BCUT2D eigenvalue weighted by atomic mass is 9.88. The van der Waals surface area contributed by atoms with Crippen molar-refractivity contribution < 1.29 is 0 Å². The third kappa shape index (κ3) is 2.66. The Labute approximate surface area is 112 Å². The molecule has 0 spiro atoms. The molecule has 0 aliphatic carbocycles. The Hall–Kier alpha value is -0.540. The van der Waals surface area contributed by atoms with Crippen LogP contribution in [0.2, 0.25) is 5.15 Å². The van der Waals surface area contributed by atoms with Gasteiger partial charge in [-0.05, 0) is 18.3 Å². The monoisotopic (exact) mass is 273 g/mol. The number of hydrogen-bond donors (Lipinski definition) is 0. The van der Waals surface area contributed by atoms with E-state index in [1.807, 2.05) is 0 Å². The molecule has 2 unspecified atom stereocenters. The van der Waals surface area contributed by atoms with Gasteiger partial charge in [0.1, 0.15) is 17.3 Å². The standard InChI is InChI=1S/C12H17Cl2N3/c1-8-3-4-17(6-9(8)2)12-10(5-13)11(14)15-7-16-12/h7-9H,3-6H2,1-2H3. The van der Waals surface area contributed by atoms with Gasteiger partial charge in [-0.2, -0.15) is 0 Å². The highest BCUT2D eigenvalue weighted by Gasteiger charge is 2.25. The van der Waals surface area contributed by atoms with Gasteiger partial charge in [-0.15, -0.1) is 11.6 Å². The lowest BCUT2D eigenvalue weighted by Gasteiger charge is -2.36. The number of aromatic nitrogens is 2. The minimum Gasteiger partial charge on any atom is -0.356 e.